The minimum atomic E-state index is -0.362. The molecule has 1 aromatic carbocycles. The molecule has 2 rings (SSSR count). The van der Waals surface area contributed by atoms with Crippen LogP contribution in [0.25, 0.3) is 0 Å². The molecule has 0 spiro atoms. The molecular formula is C12H8BrClFNO. The molecule has 0 radical (unpaired) electrons. The van der Waals surface area contributed by atoms with E-state index in [0.717, 1.165) is 10.0 Å². The molecule has 5 heteroatoms. The van der Waals surface area contributed by atoms with Crippen molar-refractivity contribution in [3.05, 3.63) is 51.3 Å². The Morgan fingerprint density at radius 2 is 2.12 bits per heavy atom. The standard InChI is InChI=1S/C12H8BrClFNO/c1-7-2-3-9(15)5-11(7)17-12-10(14)4-8(13)6-16-12/h2-6H,1H3. The van der Waals surface area contributed by atoms with E-state index in [1.54, 1.807) is 18.3 Å². The number of ether oxygens (including phenoxy) is 1. The maximum Gasteiger partial charge on any atom is 0.238 e. The van der Waals surface area contributed by atoms with Crippen LogP contribution in [0.5, 0.6) is 11.6 Å². The third-order valence-corrected chi connectivity index (χ3v) is 2.84. The fraction of sp³-hybridized carbons (Fsp3) is 0.0833. The minimum Gasteiger partial charge on any atom is -0.437 e. The molecule has 0 atom stereocenters. The summed E-state index contributed by atoms with van der Waals surface area (Å²) in [6.07, 6.45) is 1.57. The number of pyridine rings is 1. The van der Waals surface area contributed by atoms with Gasteiger partial charge in [0, 0.05) is 16.7 Å². The molecule has 17 heavy (non-hydrogen) atoms. The first-order chi connectivity index (χ1) is 8.06. The average molecular weight is 317 g/mol. The number of rotatable bonds is 2. The monoisotopic (exact) mass is 315 g/mol. The van der Waals surface area contributed by atoms with Crippen molar-refractivity contribution >= 4 is 27.5 Å². The topological polar surface area (TPSA) is 22.1 Å². The summed E-state index contributed by atoms with van der Waals surface area (Å²) in [6.45, 7) is 1.82. The van der Waals surface area contributed by atoms with Gasteiger partial charge in [0.05, 0.1) is 0 Å². The molecule has 1 heterocycles. The van der Waals surface area contributed by atoms with E-state index in [1.807, 2.05) is 6.92 Å². The van der Waals surface area contributed by atoms with Gasteiger partial charge in [0.25, 0.3) is 0 Å². The second-order valence-electron chi connectivity index (χ2n) is 3.45. The van der Waals surface area contributed by atoms with Gasteiger partial charge in [0.2, 0.25) is 5.88 Å². The first-order valence-electron chi connectivity index (χ1n) is 4.81. The molecule has 2 nitrogen and oxygen atoms in total. The molecule has 0 unspecified atom stereocenters. The predicted molar refractivity (Wildman–Crippen MR) is 68.2 cm³/mol. The van der Waals surface area contributed by atoms with Crippen LogP contribution in [0.4, 0.5) is 4.39 Å². The summed E-state index contributed by atoms with van der Waals surface area (Å²) in [7, 11) is 0. The van der Waals surface area contributed by atoms with Crippen molar-refractivity contribution in [1.82, 2.24) is 4.98 Å². The summed E-state index contributed by atoms with van der Waals surface area (Å²) in [5, 5.41) is 0.364. The zero-order valence-electron chi connectivity index (χ0n) is 8.88. The van der Waals surface area contributed by atoms with Crippen LogP contribution in [0.3, 0.4) is 0 Å². The van der Waals surface area contributed by atoms with Crippen molar-refractivity contribution in [2.24, 2.45) is 0 Å². The maximum absolute atomic E-state index is 13.1. The maximum atomic E-state index is 13.1. The van der Waals surface area contributed by atoms with E-state index < -0.39 is 0 Å². The Bertz CT molecular complexity index is 562. The Kier molecular flexibility index (Phi) is 3.64. The molecule has 88 valence electrons. The highest BCUT2D eigenvalue weighted by atomic mass is 79.9. The minimum absolute atomic E-state index is 0.253. The number of nitrogens with zero attached hydrogens (tertiary/aromatic N) is 1. The quantitative estimate of drug-likeness (QED) is 0.798. The highest BCUT2D eigenvalue weighted by Gasteiger charge is 2.08. The van der Waals surface area contributed by atoms with Gasteiger partial charge >= 0.3 is 0 Å². The van der Waals surface area contributed by atoms with Gasteiger partial charge in [-0.25, -0.2) is 9.37 Å². The van der Waals surface area contributed by atoms with E-state index in [9.17, 15) is 4.39 Å². The zero-order chi connectivity index (χ0) is 12.4. The lowest BCUT2D eigenvalue weighted by atomic mass is 10.2. The highest BCUT2D eigenvalue weighted by Crippen LogP contribution is 2.31. The van der Waals surface area contributed by atoms with Crippen molar-refractivity contribution < 1.29 is 9.13 Å². The molecule has 0 N–H and O–H groups in total. The van der Waals surface area contributed by atoms with Crippen molar-refractivity contribution in [1.29, 1.82) is 0 Å². The number of halogens is 3. The van der Waals surface area contributed by atoms with Gasteiger partial charge in [-0.3, -0.25) is 0 Å². The number of aryl methyl sites for hydroxylation is 1. The van der Waals surface area contributed by atoms with E-state index in [4.69, 9.17) is 16.3 Å². The number of aromatic nitrogens is 1. The molecule has 1 aromatic heterocycles. The van der Waals surface area contributed by atoms with Crippen molar-refractivity contribution in [3.63, 3.8) is 0 Å². The van der Waals surface area contributed by atoms with Gasteiger partial charge in [0.1, 0.15) is 16.6 Å². The van der Waals surface area contributed by atoms with E-state index >= 15 is 0 Å². The van der Waals surface area contributed by atoms with Gasteiger partial charge in [-0.2, -0.15) is 0 Å². The van der Waals surface area contributed by atoms with E-state index in [1.165, 1.54) is 12.1 Å². The predicted octanol–water partition coefficient (Wildman–Crippen LogP) is 4.74. The van der Waals surface area contributed by atoms with Crippen LogP contribution in [0.2, 0.25) is 5.02 Å². The molecule has 0 saturated heterocycles. The van der Waals surface area contributed by atoms with Crippen molar-refractivity contribution in [2.75, 3.05) is 0 Å². The fourth-order valence-electron chi connectivity index (χ4n) is 1.27. The van der Waals surface area contributed by atoms with Gasteiger partial charge in [-0.15, -0.1) is 0 Å². The number of benzene rings is 1. The lowest BCUT2D eigenvalue weighted by Crippen LogP contribution is -1.92. The summed E-state index contributed by atoms with van der Waals surface area (Å²) in [5.41, 5.74) is 0.812. The largest absolute Gasteiger partial charge is 0.437 e. The van der Waals surface area contributed by atoms with E-state index in [2.05, 4.69) is 20.9 Å². The number of hydrogen-bond donors (Lipinski definition) is 0. The van der Waals surface area contributed by atoms with Crippen LogP contribution in [0.15, 0.2) is 34.9 Å². The Morgan fingerprint density at radius 1 is 1.35 bits per heavy atom. The molecule has 0 amide bonds. The van der Waals surface area contributed by atoms with Crippen LogP contribution in [-0.2, 0) is 0 Å². The Labute approximate surface area is 112 Å². The van der Waals surface area contributed by atoms with Gasteiger partial charge in [-0.05, 0) is 40.5 Å². The molecule has 0 aliphatic carbocycles. The smallest absolute Gasteiger partial charge is 0.238 e. The van der Waals surface area contributed by atoms with Crippen LogP contribution < -0.4 is 4.74 Å². The summed E-state index contributed by atoms with van der Waals surface area (Å²) >= 11 is 9.21. The van der Waals surface area contributed by atoms with E-state index in [-0.39, 0.29) is 11.7 Å². The zero-order valence-corrected chi connectivity index (χ0v) is 11.2. The van der Waals surface area contributed by atoms with Crippen molar-refractivity contribution in [3.8, 4) is 11.6 Å². The van der Waals surface area contributed by atoms with E-state index in [0.29, 0.717) is 10.8 Å². The third kappa shape index (κ3) is 2.96. The lowest BCUT2D eigenvalue weighted by Gasteiger charge is -2.09. The molecule has 0 aliphatic rings. The summed E-state index contributed by atoms with van der Waals surface area (Å²) in [6, 6.07) is 5.98. The normalized spacial score (nSPS) is 10.4. The molecule has 0 aliphatic heterocycles. The molecule has 0 fully saturated rings. The lowest BCUT2D eigenvalue weighted by molar-refractivity contribution is 0.454. The summed E-state index contributed by atoms with van der Waals surface area (Å²) in [4.78, 5) is 4.02. The van der Waals surface area contributed by atoms with Crippen LogP contribution in [0, 0.1) is 12.7 Å². The van der Waals surface area contributed by atoms with Gasteiger partial charge in [-0.1, -0.05) is 17.7 Å². The molecule has 0 bridgehead atoms. The summed E-state index contributed by atoms with van der Waals surface area (Å²) in [5.74, 6) is 0.295. The van der Waals surface area contributed by atoms with Crippen LogP contribution >= 0.6 is 27.5 Å². The second-order valence-corrected chi connectivity index (χ2v) is 4.78. The third-order valence-electron chi connectivity index (χ3n) is 2.13. The second kappa shape index (κ2) is 5.02. The highest BCUT2D eigenvalue weighted by molar-refractivity contribution is 9.10. The first kappa shape index (κ1) is 12.3. The summed E-state index contributed by atoms with van der Waals surface area (Å²) < 4.78 is 19.3. The van der Waals surface area contributed by atoms with Crippen LogP contribution in [0.1, 0.15) is 5.56 Å². The van der Waals surface area contributed by atoms with Gasteiger partial charge in [0.15, 0.2) is 0 Å². The molecule has 2 aromatic rings. The van der Waals surface area contributed by atoms with Crippen molar-refractivity contribution in [2.45, 2.75) is 6.92 Å². The number of hydrogen-bond acceptors (Lipinski definition) is 2. The Morgan fingerprint density at radius 3 is 2.82 bits per heavy atom. The average Bonchev–Trinajstić information content (AvgIpc) is 2.27. The Hall–Kier alpha value is -1.13. The SMILES string of the molecule is Cc1ccc(F)cc1Oc1ncc(Br)cc1Cl. The molecular weight excluding hydrogens is 308 g/mol. The van der Waals surface area contributed by atoms with Crippen LogP contribution in [-0.4, -0.2) is 4.98 Å². The fourth-order valence-corrected chi connectivity index (χ4v) is 1.93. The van der Waals surface area contributed by atoms with Gasteiger partial charge < -0.3 is 4.74 Å². The first-order valence-corrected chi connectivity index (χ1v) is 5.98. The molecule has 0 saturated carbocycles. The Balaban J connectivity index is 2.34.